The Morgan fingerprint density at radius 1 is 1.50 bits per heavy atom. The zero-order valence-corrected chi connectivity index (χ0v) is 12.8. The van der Waals surface area contributed by atoms with Crippen molar-refractivity contribution in [1.82, 2.24) is 4.90 Å². The third kappa shape index (κ3) is 4.38. The van der Waals surface area contributed by atoms with Crippen LogP contribution < -0.4 is 5.32 Å². The maximum atomic E-state index is 12.1. The predicted molar refractivity (Wildman–Crippen MR) is 82.2 cm³/mol. The SMILES string of the molecule is C=CCN(CCC)C(=O)Nc1cc(C(=O)O)ccc1Br. The van der Waals surface area contributed by atoms with Crippen LogP contribution in [0.2, 0.25) is 0 Å². The third-order valence-corrected chi connectivity index (χ3v) is 3.28. The monoisotopic (exact) mass is 340 g/mol. The van der Waals surface area contributed by atoms with Crippen LogP contribution in [0.25, 0.3) is 0 Å². The number of hydrogen-bond acceptors (Lipinski definition) is 2. The summed E-state index contributed by atoms with van der Waals surface area (Å²) in [5, 5.41) is 11.7. The maximum Gasteiger partial charge on any atom is 0.335 e. The van der Waals surface area contributed by atoms with Gasteiger partial charge in [0.15, 0.2) is 0 Å². The topological polar surface area (TPSA) is 69.6 Å². The fourth-order valence-corrected chi connectivity index (χ4v) is 2.00. The molecule has 0 heterocycles. The number of anilines is 1. The summed E-state index contributed by atoms with van der Waals surface area (Å²) in [5.41, 5.74) is 0.550. The molecule has 1 rings (SSSR count). The molecule has 0 fully saturated rings. The van der Waals surface area contributed by atoms with E-state index in [1.54, 1.807) is 17.0 Å². The summed E-state index contributed by atoms with van der Waals surface area (Å²) in [4.78, 5) is 24.7. The number of nitrogens with zero attached hydrogens (tertiary/aromatic N) is 1. The molecule has 1 aromatic carbocycles. The van der Waals surface area contributed by atoms with Crippen molar-refractivity contribution in [3.05, 3.63) is 40.9 Å². The van der Waals surface area contributed by atoms with E-state index in [0.29, 0.717) is 23.2 Å². The first kappa shape index (κ1) is 16.2. The van der Waals surface area contributed by atoms with Gasteiger partial charge in [0, 0.05) is 17.6 Å². The molecule has 0 atom stereocenters. The van der Waals surface area contributed by atoms with Crippen molar-refractivity contribution >= 4 is 33.6 Å². The quantitative estimate of drug-likeness (QED) is 0.777. The Labute approximate surface area is 126 Å². The Hall–Kier alpha value is -1.82. The van der Waals surface area contributed by atoms with Gasteiger partial charge in [-0.3, -0.25) is 0 Å². The van der Waals surface area contributed by atoms with Crippen LogP contribution in [-0.4, -0.2) is 35.1 Å². The number of rotatable bonds is 6. The van der Waals surface area contributed by atoms with E-state index in [2.05, 4.69) is 27.8 Å². The Balaban J connectivity index is 2.90. The fourth-order valence-electron chi connectivity index (χ4n) is 1.65. The van der Waals surface area contributed by atoms with Crippen LogP contribution in [-0.2, 0) is 0 Å². The Morgan fingerprint density at radius 3 is 2.75 bits per heavy atom. The number of carbonyl (C=O) groups excluding carboxylic acids is 1. The van der Waals surface area contributed by atoms with Gasteiger partial charge in [0.25, 0.3) is 0 Å². The molecule has 0 saturated carbocycles. The number of nitrogens with one attached hydrogen (secondary N) is 1. The van der Waals surface area contributed by atoms with Gasteiger partial charge in [-0.1, -0.05) is 13.0 Å². The summed E-state index contributed by atoms with van der Waals surface area (Å²) in [6.07, 6.45) is 2.48. The number of urea groups is 1. The lowest BCUT2D eigenvalue weighted by Gasteiger charge is -2.21. The molecule has 108 valence electrons. The van der Waals surface area contributed by atoms with E-state index in [4.69, 9.17) is 5.11 Å². The van der Waals surface area contributed by atoms with Gasteiger partial charge in [0.1, 0.15) is 0 Å². The number of halogens is 1. The molecule has 0 aliphatic carbocycles. The van der Waals surface area contributed by atoms with Crippen molar-refractivity contribution < 1.29 is 14.7 Å². The highest BCUT2D eigenvalue weighted by Crippen LogP contribution is 2.24. The van der Waals surface area contributed by atoms with Crippen molar-refractivity contribution in [2.75, 3.05) is 18.4 Å². The van der Waals surface area contributed by atoms with E-state index in [0.717, 1.165) is 6.42 Å². The lowest BCUT2D eigenvalue weighted by molar-refractivity contribution is 0.0697. The molecular formula is C14H17BrN2O3. The van der Waals surface area contributed by atoms with E-state index in [1.807, 2.05) is 6.92 Å². The second-order valence-electron chi connectivity index (χ2n) is 4.16. The molecule has 0 radical (unpaired) electrons. The van der Waals surface area contributed by atoms with Crippen LogP contribution in [0.15, 0.2) is 35.3 Å². The molecular weight excluding hydrogens is 324 g/mol. The number of hydrogen-bond donors (Lipinski definition) is 2. The van der Waals surface area contributed by atoms with Crippen molar-refractivity contribution in [1.29, 1.82) is 0 Å². The fraction of sp³-hybridized carbons (Fsp3) is 0.286. The minimum absolute atomic E-state index is 0.120. The van der Waals surface area contributed by atoms with Crippen LogP contribution in [0.5, 0.6) is 0 Å². The lowest BCUT2D eigenvalue weighted by Crippen LogP contribution is -2.35. The summed E-state index contributed by atoms with van der Waals surface area (Å²) in [6.45, 7) is 6.64. The Morgan fingerprint density at radius 2 is 2.20 bits per heavy atom. The summed E-state index contributed by atoms with van der Waals surface area (Å²) in [6, 6.07) is 4.20. The number of carbonyl (C=O) groups is 2. The molecule has 2 amide bonds. The molecule has 5 nitrogen and oxygen atoms in total. The highest BCUT2D eigenvalue weighted by Gasteiger charge is 2.14. The molecule has 1 aromatic rings. The standard InChI is InChI=1S/C14H17BrN2O3/c1-3-7-17(8-4-2)14(20)16-12-9-10(13(18)19)5-6-11(12)15/h3,5-6,9H,1,4,7-8H2,2H3,(H,16,20)(H,18,19). The van der Waals surface area contributed by atoms with Gasteiger partial charge >= 0.3 is 12.0 Å². The predicted octanol–water partition coefficient (Wildman–Crippen LogP) is 3.58. The second kappa shape index (κ2) is 7.69. The molecule has 0 unspecified atom stereocenters. The highest BCUT2D eigenvalue weighted by molar-refractivity contribution is 9.10. The van der Waals surface area contributed by atoms with E-state index in [1.165, 1.54) is 12.1 Å². The number of benzene rings is 1. The van der Waals surface area contributed by atoms with Gasteiger partial charge in [0.2, 0.25) is 0 Å². The molecule has 20 heavy (non-hydrogen) atoms. The van der Waals surface area contributed by atoms with Gasteiger partial charge in [-0.05, 0) is 40.5 Å². The van der Waals surface area contributed by atoms with Gasteiger partial charge in [-0.25, -0.2) is 9.59 Å². The number of amides is 2. The van der Waals surface area contributed by atoms with E-state index < -0.39 is 5.97 Å². The largest absolute Gasteiger partial charge is 0.478 e. The van der Waals surface area contributed by atoms with Crippen LogP contribution in [0.1, 0.15) is 23.7 Å². The second-order valence-corrected chi connectivity index (χ2v) is 5.02. The Kier molecular flexibility index (Phi) is 6.24. The minimum Gasteiger partial charge on any atom is -0.478 e. The summed E-state index contributed by atoms with van der Waals surface area (Å²) < 4.78 is 0.630. The van der Waals surface area contributed by atoms with Crippen molar-refractivity contribution in [3.8, 4) is 0 Å². The normalized spacial score (nSPS) is 9.90. The molecule has 6 heteroatoms. The van der Waals surface area contributed by atoms with E-state index in [-0.39, 0.29) is 11.6 Å². The third-order valence-electron chi connectivity index (χ3n) is 2.59. The molecule has 0 aliphatic rings. The van der Waals surface area contributed by atoms with Gasteiger partial charge in [0.05, 0.1) is 11.3 Å². The van der Waals surface area contributed by atoms with Crippen LogP contribution in [0.4, 0.5) is 10.5 Å². The molecule has 0 aromatic heterocycles. The molecule has 0 aliphatic heterocycles. The number of carboxylic acid groups (broad SMARTS) is 1. The van der Waals surface area contributed by atoms with Crippen LogP contribution in [0, 0.1) is 0 Å². The molecule has 2 N–H and O–H groups in total. The first-order valence-electron chi connectivity index (χ1n) is 6.19. The van der Waals surface area contributed by atoms with Crippen molar-refractivity contribution in [2.24, 2.45) is 0 Å². The van der Waals surface area contributed by atoms with Gasteiger partial charge in [-0.2, -0.15) is 0 Å². The highest BCUT2D eigenvalue weighted by atomic mass is 79.9. The Bertz CT molecular complexity index is 517. The maximum absolute atomic E-state index is 12.1. The average Bonchev–Trinajstić information content (AvgIpc) is 2.40. The van der Waals surface area contributed by atoms with Crippen molar-refractivity contribution in [2.45, 2.75) is 13.3 Å². The molecule has 0 saturated heterocycles. The number of carboxylic acids is 1. The first-order valence-corrected chi connectivity index (χ1v) is 6.98. The van der Waals surface area contributed by atoms with Gasteiger partial charge < -0.3 is 15.3 Å². The zero-order valence-electron chi connectivity index (χ0n) is 11.2. The zero-order chi connectivity index (χ0) is 15.1. The number of aromatic carboxylic acids is 1. The minimum atomic E-state index is -1.04. The van der Waals surface area contributed by atoms with Crippen LogP contribution >= 0.6 is 15.9 Å². The first-order chi connectivity index (χ1) is 9.49. The lowest BCUT2D eigenvalue weighted by atomic mass is 10.2. The van der Waals surface area contributed by atoms with Gasteiger partial charge in [-0.15, -0.1) is 6.58 Å². The smallest absolute Gasteiger partial charge is 0.335 e. The van der Waals surface area contributed by atoms with E-state index >= 15 is 0 Å². The summed E-state index contributed by atoms with van der Waals surface area (Å²) in [7, 11) is 0. The summed E-state index contributed by atoms with van der Waals surface area (Å²) >= 11 is 3.29. The van der Waals surface area contributed by atoms with E-state index in [9.17, 15) is 9.59 Å². The molecule has 0 spiro atoms. The van der Waals surface area contributed by atoms with Crippen LogP contribution in [0.3, 0.4) is 0 Å². The van der Waals surface area contributed by atoms with Crippen molar-refractivity contribution in [3.63, 3.8) is 0 Å². The molecule has 0 bridgehead atoms. The average molecular weight is 341 g/mol. The summed E-state index contributed by atoms with van der Waals surface area (Å²) in [5.74, 6) is -1.04.